The van der Waals surface area contributed by atoms with Gasteiger partial charge >= 0.3 is 0 Å². The molecule has 0 aromatic heterocycles. The van der Waals surface area contributed by atoms with Crippen LogP contribution in [-0.2, 0) is 0 Å². The summed E-state index contributed by atoms with van der Waals surface area (Å²) in [7, 11) is 1.92. The molecule has 2 heteroatoms. The molecule has 0 fully saturated rings. The van der Waals surface area contributed by atoms with Crippen LogP contribution in [0.15, 0.2) is 109 Å². The lowest BCUT2D eigenvalue weighted by Gasteiger charge is -2.27. The van der Waals surface area contributed by atoms with E-state index in [1.807, 2.05) is 38.3 Å². The van der Waals surface area contributed by atoms with Crippen LogP contribution in [0, 0.1) is 11.8 Å². The number of hydrogen-bond acceptors (Lipinski definition) is 2. The third kappa shape index (κ3) is 9.45. The first-order valence-electron chi connectivity index (χ1n) is 10.2. The highest BCUT2D eigenvalue weighted by Crippen LogP contribution is 2.26. The highest BCUT2D eigenvalue weighted by molar-refractivity contribution is 5.44. The smallest absolute Gasteiger partial charge is 0.102 e. The lowest BCUT2D eigenvalue weighted by Crippen LogP contribution is -2.41. The second-order valence-electron chi connectivity index (χ2n) is 7.42. The minimum Gasteiger partial charge on any atom is -0.366 e. The first-order valence-corrected chi connectivity index (χ1v) is 10.2. The zero-order valence-corrected chi connectivity index (χ0v) is 19.3. The van der Waals surface area contributed by atoms with Crippen molar-refractivity contribution in [2.75, 3.05) is 7.05 Å². The minimum absolute atomic E-state index is 0.110. The predicted octanol–water partition coefficient (Wildman–Crippen LogP) is 6.79. The molecule has 1 unspecified atom stereocenters. The Balaban J connectivity index is 6.28. The van der Waals surface area contributed by atoms with E-state index >= 15 is 0 Å². The van der Waals surface area contributed by atoms with Crippen molar-refractivity contribution in [1.29, 1.82) is 0 Å². The van der Waals surface area contributed by atoms with Crippen molar-refractivity contribution in [3.8, 4) is 0 Å². The Morgan fingerprint density at radius 1 is 0.828 bits per heavy atom. The molecule has 2 nitrogen and oxygen atoms in total. The molecule has 0 rings (SSSR count). The molecule has 0 aliphatic heterocycles. The van der Waals surface area contributed by atoms with E-state index in [1.165, 1.54) is 5.57 Å². The van der Waals surface area contributed by atoms with Crippen molar-refractivity contribution in [3.63, 3.8) is 0 Å². The van der Waals surface area contributed by atoms with Gasteiger partial charge in [-0.25, -0.2) is 0 Å². The van der Waals surface area contributed by atoms with Crippen molar-refractivity contribution in [3.05, 3.63) is 109 Å². The molecule has 0 amide bonds. The van der Waals surface area contributed by atoms with Crippen molar-refractivity contribution < 1.29 is 0 Å². The molecule has 0 aliphatic carbocycles. The molecule has 0 bridgehead atoms. The molecule has 0 heterocycles. The highest BCUT2D eigenvalue weighted by Gasteiger charge is 2.18. The van der Waals surface area contributed by atoms with Gasteiger partial charge in [0.05, 0.1) is 0 Å². The van der Waals surface area contributed by atoms with Crippen LogP contribution in [0.1, 0.15) is 34.6 Å². The van der Waals surface area contributed by atoms with E-state index in [0.29, 0.717) is 11.8 Å². The van der Waals surface area contributed by atoms with E-state index in [0.717, 1.165) is 22.4 Å². The zero-order valence-electron chi connectivity index (χ0n) is 19.3. The number of likely N-dealkylation sites (N-methyl/N-ethyl adjacent to an activating group) is 1. The molecule has 29 heavy (non-hydrogen) atoms. The Morgan fingerprint density at radius 3 is 1.86 bits per heavy atom. The topological polar surface area (TPSA) is 24.1 Å². The third-order valence-electron chi connectivity index (χ3n) is 4.54. The molecule has 0 aliphatic rings. The van der Waals surface area contributed by atoms with Crippen LogP contribution in [-0.4, -0.2) is 13.2 Å². The molecule has 0 aromatic carbocycles. The molecule has 1 atom stereocenters. The van der Waals surface area contributed by atoms with Crippen LogP contribution in [0.2, 0.25) is 0 Å². The average molecular weight is 393 g/mol. The average Bonchev–Trinajstić information content (AvgIpc) is 2.69. The van der Waals surface area contributed by atoms with Gasteiger partial charge in [-0.1, -0.05) is 109 Å². The lowest BCUT2D eigenvalue weighted by atomic mass is 9.91. The normalized spacial score (nSPS) is 14.7. The summed E-state index contributed by atoms with van der Waals surface area (Å²) in [6.07, 6.45) is 17.6. The summed E-state index contributed by atoms with van der Waals surface area (Å²) in [5.74, 6) is 0.635. The highest BCUT2D eigenvalue weighted by atomic mass is 15.1. The Kier molecular flexibility index (Phi) is 13.1. The third-order valence-corrected chi connectivity index (χ3v) is 4.54. The fourth-order valence-electron chi connectivity index (χ4n) is 2.61. The fraction of sp³-hybridized carbons (Fsp3) is 0.333. The summed E-state index contributed by atoms with van der Waals surface area (Å²) < 4.78 is 0. The molecule has 0 radical (unpaired) electrons. The van der Waals surface area contributed by atoms with E-state index in [9.17, 15) is 0 Å². The molecule has 158 valence electrons. The van der Waals surface area contributed by atoms with Gasteiger partial charge in [-0.05, 0) is 48.1 Å². The van der Waals surface area contributed by atoms with Crippen LogP contribution >= 0.6 is 0 Å². The Hall–Kier alpha value is -2.58. The van der Waals surface area contributed by atoms with Crippen molar-refractivity contribution in [2.24, 2.45) is 11.8 Å². The van der Waals surface area contributed by atoms with Crippen LogP contribution in [0.5, 0.6) is 0 Å². The maximum absolute atomic E-state index is 4.38. The Labute approximate surface area is 179 Å². The van der Waals surface area contributed by atoms with Crippen LogP contribution in [0.3, 0.4) is 0 Å². The van der Waals surface area contributed by atoms with Crippen molar-refractivity contribution in [2.45, 2.75) is 40.8 Å². The predicted molar refractivity (Wildman–Crippen MR) is 133 cm³/mol. The number of nitrogens with one attached hydrogen (secondary N) is 2. The van der Waals surface area contributed by atoms with Gasteiger partial charge in [0.25, 0.3) is 0 Å². The fourth-order valence-corrected chi connectivity index (χ4v) is 2.61. The van der Waals surface area contributed by atoms with E-state index in [4.69, 9.17) is 0 Å². The molecule has 0 saturated heterocycles. The Bertz CT molecular complexity index is 722. The molecular weight excluding hydrogens is 352 g/mol. The standard InChI is InChI=1S/C27H40N2/c1-11-14-16-22(8)27(28-10)29-26(23(9)20(4)5)25(21(6)7)19-18-24(13-3)17-15-12-2/h11-21,27-29H,1-2,8-9H2,3-7,10H3/b16-14-,17-15-,19-18+,24-13+,26-25-. The summed E-state index contributed by atoms with van der Waals surface area (Å²) >= 11 is 0. The van der Waals surface area contributed by atoms with Crippen LogP contribution < -0.4 is 10.6 Å². The van der Waals surface area contributed by atoms with Gasteiger partial charge in [0.2, 0.25) is 0 Å². The van der Waals surface area contributed by atoms with Gasteiger partial charge in [-0.3, -0.25) is 5.32 Å². The summed E-state index contributed by atoms with van der Waals surface area (Å²) in [5, 5.41) is 6.94. The number of allylic oxidation sites excluding steroid dienone is 11. The first-order chi connectivity index (χ1) is 13.7. The molecule has 0 aromatic rings. The maximum atomic E-state index is 4.38. The number of rotatable bonds is 13. The summed E-state index contributed by atoms with van der Waals surface area (Å²) in [4.78, 5) is 0. The largest absolute Gasteiger partial charge is 0.366 e. The molecule has 2 N–H and O–H groups in total. The van der Waals surface area contributed by atoms with E-state index < -0.39 is 0 Å². The quantitative estimate of drug-likeness (QED) is 0.266. The summed E-state index contributed by atoms with van der Waals surface area (Å²) in [6, 6.07) is 0. The van der Waals surface area contributed by atoms with Gasteiger partial charge in [0, 0.05) is 5.70 Å². The van der Waals surface area contributed by atoms with E-state index in [-0.39, 0.29) is 6.17 Å². The molecular formula is C27H40N2. The van der Waals surface area contributed by atoms with Gasteiger partial charge in [-0.15, -0.1) is 0 Å². The Morgan fingerprint density at radius 2 is 1.41 bits per heavy atom. The van der Waals surface area contributed by atoms with E-state index in [2.05, 4.69) is 82.9 Å². The summed E-state index contributed by atoms with van der Waals surface area (Å²) in [5.41, 5.74) is 5.39. The maximum Gasteiger partial charge on any atom is 0.102 e. The monoisotopic (exact) mass is 392 g/mol. The second-order valence-corrected chi connectivity index (χ2v) is 7.42. The molecule has 0 saturated carbocycles. The van der Waals surface area contributed by atoms with Crippen LogP contribution in [0.25, 0.3) is 0 Å². The van der Waals surface area contributed by atoms with Gasteiger partial charge in [-0.2, -0.15) is 0 Å². The van der Waals surface area contributed by atoms with Gasteiger partial charge < -0.3 is 5.32 Å². The minimum atomic E-state index is -0.110. The van der Waals surface area contributed by atoms with Crippen molar-refractivity contribution >= 4 is 0 Å². The number of hydrogen-bond donors (Lipinski definition) is 2. The first kappa shape index (κ1) is 26.4. The zero-order chi connectivity index (χ0) is 22.4. The molecule has 0 spiro atoms. The lowest BCUT2D eigenvalue weighted by molar-refractivity contribution is 0.558. The second kappa shape index (κ2) is 14.4. The van der Waals surface area contributed by atoms with Gasteiger partial charge in [0.15, 0.2) is 0 Å². The van der Waals surface area contributed by atoms with Crippen LogP contribution in [0.4, 0.5) is 0 Å². The van der Waals surface area contributed by atoms with Crippen molar-refractivity contribution in [1.82, 2.24) is 10.6 Å². The van der Waals surface area contributed by atoms with Gasteiger partial charge in [0.1, 0.15) is 6.17 Å². The SMILES string of the molecule is C=C/C=C\C(=C)C(NC)N/C(C(=C)C(C)C)=C(/C=C/C(/C=C\C=C)=C/C)C(C)C. The summed E-state index contributed by atoms with van der Waals surface area (Å²) in [6.45, 7) is 26.8. The van der Waals surface area contributed by atoms with E-state index in [1.54, 1.807) is 12.2 Å².